The maximum absolute atomic E-state index is 12.0. The summed E-state index contributed by atoms with van der Waals surface area (Å²) in [5, 5.41) is 2.87. The van der Waals surface area contributed by atoms with E-state index in [1.165, 1.54) is 18.5 Å². The number of hydrogen-bond acceptors (Lipinski definition) is 3. The number of carbonyl (C=O) groups excluding carboxylic acids is 2. The van der Waals surface area contributed by atoms with Crippen molar-refractivity contribution >= 4 is 11.8 Å². The summed E-state index contributed by atoms with van der Waals surface area (Å²) in [5.74, 6) is -0.205. The first-order valence-corrected chi connectivity index (χ1v) is 7.26. The minimum atomic E-state index is -0.356. The van der Waals surface area contributed by atoms with Crippen molar-refractivity contribution in [2.75, 3.05) is 13.1 Å². The van der Waals surface area contributed by atoms with Crippen LogP contribution in [-0.4, -0.2) is 40.8 Å². The van der Waals surface area contributed by atoms with Crippen molar-refractivity contribution in [2.24, 2.45) is 5.92 Å². The molecule has 0 radical (unpaired) electrons. The molecule has 2 heterocycles. The number of H-pyrrole nitrogens is 1. The van der Waals surface area contributed by atoms with Crippen LogP contribution in [-0.2, 0) is 4.79 Å². The zero-order valence-electron chi connectivity index (χ0n) is 12.4. The van der Waals surface area contributed by atoms with Crippen LogP contribution in [0, 0.1) is 5.92 Å². The van der Waals surface area contributed by atoms with Crippen LogP contribution in [0.3, 0.4) is 0 Å². The first-order chi connectivity index (χ1) is 9.99. The number of hydrogen-bond donors (Lipinski definition) is 2. The second-order valence-corrected chi connectivity index (χ2v) is 5.65. The van der Waals surface area contributed by atoms with Gasteiger partial charge in [-0.3, -0.25) is 14.4 Å². The zero-order valence-corrected chi connectivity index (χ0v) is 12.4. The third-order valence-corrected chi connectivity index (χ3v) is 3.70. The van der Waals surface area contributed by atoms with Gasteiger partial charge in [-0.05, 0) is 12.8 Å². The van der Waals surface area contributed by atoms with Crippen LogP contribution in [0.2, 0.25) is 0 Å². The number of aromatic amines is 1. The Bertz CT molecular complexity index is 572. The van der Waals surface area contributed by atoms with Crippen LogP contribution < -0.4 is 10.7 Å². The van der Waals surface area contributed by atoms with Gasteiger partial charge in [0.05, 0.1) is 0 Å². The topological polar surface area (TPSA) is 82.3 Å². The average Bonchev–Trinajstić information content (AvgIpc) is 2.47. The zero-order chi connectivity index (χ0) is 15.4. The molecule has 2 N–H and O–H groups in total. The summed E-state index contributed by atoms with van der Waals surface area (Å²) >= 11 is 0. The Morgan fingerprint density at radius 3 is 2.57 bits per heavy atom. The van der Waals surface area contributed by atoms with Gasteiger partial charge >= 0.3 is 0 Å². The van der Waals surface area contributed by atoms with Gasteiger partial charge in [-0.1, -0.05) is 13.8 Å². The van der Waals surface area contributed by atoms with Crippen molar-refractivity contribution in [1.82, 2.24) is 15.2 Å². The quantitative estimate of drug-likeness (QED) is 0.862. The predicted molar refractivity (Wildman–Crippen MR) is 79.0 cm³/mol. The molecule has 1 saturated heterocycles. The minimum Gasteiger partial charge on any atom is -0.367 e. The second kappa shape index (κ2) is 6.56. The number of rotatable bonds is 3. The van der Waals surface area contributed by atoms with Gasteiger partial charge in [0.15, 0.2) is 5.43 Å². The molecule has 1 aromatic heterocycles. The molecule has 0 saturated carbocycles. The van der Waals surface area contributed by atoms with Crippen molar-refractivity contribution in [3.05, 3.63) is 34.2 Å². The van der Waals surface area contributed by atoms with E-state index in [1.807, 2.05) is 18.7 Å². The van der Waals surface area contributed by atoms with Crippen molar-refractivity contribution in [3.8, 4) is 0 Å². The van der Waals surface area contributed by atoms with Gasteiger partial charge < -0.3 is 15.2 Å². The van der Waals surface area contributed by atoms with Gasteiger partial charge in [-0.2, -0.15) is 0 Å². The highest BCUT2D eigenvalue weighted by Crippen LogP contribution is 2.13. The lowest BCUT2D eigenvalue weighted by Crippen LogP contribution is -2.48. The van der Waals surface area contributed by atoms with E-state index in [0.717, 1.165) is 12.8 Å². The van der Waals surface area contributed by atoms with Gasteiger partial charge in [0.1, 0.15) is 5.56 Å². The Kier molecular flexibility index (Phi) is 4.77. The van der Waals surface area contributed by atoms with Gasteiger partial charge in [0, 0.05) is 43.5 Å². The molecular weight excluding hydrogens is 270 g/mol. The monoisotopic (exact) mass is 291 g/mol. The molecular formula is C15H21N3O3. The number of likely N-dealkylation sites (tertiary alicyclic amines) is 1. The van der Waals surface area contributed by atoms with E-state index >= 15 is 0 Å². The fourth-order valence-electron chi connectivity index (χ4n) is 2.47. The smallest absolute Gasteiger partial charge is 0.256 e. The third kappa shape index (κ3) is 3.71. The summed E-state index contributed by atoms with van der Waals surface area (Å²) in [6.45, 7) is 5.07. The molecule has 2 rings (SSSR count). The maximum Gasteiger partial charge on any atom is 0.256 e. The number of carbonyl (C=O) groups is 2. The Morgan fingerprint density at radius 2 is 2.00 bits per heavy atom. The normalized spacial score (nSPS) is 16.0. The Hall–Kier alpha value is -2.11. The van der Waals surface area contributed by atoms with Gasteiger partial charge in [0.2, 0.25) is 5.91 Å². The molecule has 2 amide bonds. The van der Waals surface area contributed by atoms with Crippen LogP contribution in [0.5, 0.6) is 0 Å². The Morgan fingerprint density at radius 1 is 1.33 bits per heavy atom. The van der Waals surface area contributed by atoms with Gasteiger partial charge in [0.25, 0.3) is 5.91 Å². The van der Waals surface area contributed by atoms with E-state index in [0.29, 0.717) is 13.1 Å². The molecule has 0 aromatic carbocycles. The fourth-order valence-corrected chi connectivity index (χ4v) is 2.47. The molecule has 0 unspecified atom stereocenters. The lowest BCUT2D eigenvalue weighted by atomic mass is 10.0. The molecule has 6 heteroatoms. The minimum absolute atomic E-state index is 0.000909. The predicted octanol–water partition coefficient (Wildman–Crippen LogP) is 0.752. The lowest BCUT2D eigenvalue weighted by Gasteiger charge is -2.33. The highest BCUT2D eigenvalue weighted by Gasteiger charge is 2.25. The lowest BCUT2D eigenvalue weighted by molar-refractivity contribution is -0.135. The maximum atomic E-state index is 12.0. The summed E-state index contributed by atoms with van der Waals surface area (Å²) in [6, 6.07) is 1.34. The third-order valence-electron chi connectivity index (χ3n) is 3.70. The van der Waals surface area contributed by atoms with Crippen molar-refractivity contribution < 1.29 is 9.59 Å². The summed E-state index contributed by atoms with van der Waals surface area (Å²) < 4.78 is 0. The number of piperidine rings is 1. The van der Waals surface area contributed by atoms with Gasteiger partial charge in [-0.25, -0.2) is 0 Å². The van der Waals surface area contributed by atoms with Crippen LogP contribution in [0.4, 0.5) is 0 Å². The highest BCUT2D eigenvalue weighted by molar-refractivity contribution is 5.93. The van der Waals surface area contributed by atoms with Crippen molar-refractivity contribution in [2.45, 2.75) is 32.7 Å². The summed E-state index contributed by atoms with van der Waals surface area (Å²) in [7, 11) is 0. The van der Waals surface area contributed by atoms with E-state index in [9.17, 15) is 14.4 Å². The molecule has 114 valence electrons. The summed E-state index contributed by atoms with van der Waals surface area (Å²) in [4.78, 5) is 40.1. The molecule has 1 fully saturated rings. The second-order valence-electron chi connectivity index (χ2n) is 5.65. The Balaban J connectivity index is 1.89. The Labute approximate surface area is 123 Å². The van der Waals surface area contributed by atoms with Crippen LogP contribution in [0.25, 0.3) is 0 Å². The molecule has 1 aliphatic heterocycles. The van der Waals surface area contributed by atoms with Gasteiger partial charge in [-0.15, -0.1) is 0 Å². The molecule has 6 nitrogen and oxygen atoms in total. The molecule has 1 aromatic rings. The first-order valence-electron chi connectivity index (χ1n) is 7.26. The molecule has 0 aliphatic carbocycles. The van der Waals surface area contributed by atoms with Crippen LogP contribution in [0.1, 0.15) is 37.0 Å². The molecule has 0 bridgehead atoms. The number of pyridine rings is 1. The molecule has 21 heavy (non-hydrogen) atoms. The fraction of sp³-hybridized carbons (Fsp3) is 0.533. The molecule has 0 spiro atoms. The van der Waals surface area contributed by atoms with Crippen LogP contribution in [0.15, 0.2) is 23.3 Å². The summed E-state index contributed by atoms with van der Waals surface area (Å²) in [6.07, 6.45) is 4.34. The standard InChI is InChI=1S/C15H21N3O3/c1-10(2)15(21)18-7-4-11(5-8-18)17-14(20)12-9-16-6-3-13(12)19/h3,6,9-11H,4-5,7-8H2,1-2H3,(H,16,19)(H,17,20). The number of amides is 2. The van der Waals surface area contributed by atoms with E-state index in [4.69, 9.17) is 0 Å². The van der Waals surface area contributed by atoms with Crippen LogP contribution >= 0.6 is 0 Å². The number of nitrogens with zero attached hydrogens (tertiary/aromatic N) is 1. The highest BCUT2D eigenvalue weighted by atomic mass is 16.2. The first kappa shape index (κ1) is 15.3. The summed E-state index contributed by atoms with van der Waals surface area (Å²) in [5.41, 5.74) is -0.170. The van der Waals surface area contributed by atoms with E-state index in [-0.39, 0.29) is 34.8 Å². The largest absolute Gasteiger partial charge is 0.367 e. The van der Waals surface area contributed by atoms with Crippen molar-refractivity contribution in [3.63, 3.8) is 0 Å². The van der Waals surface area contributed by atoms with E-state index in [2.05, 4.69) is 10.3 Å². The molecule has 1 aliphatic rings. The SMILES string of the molecule is CC(C)C(=O)N1CCC(NC(=O)c2c[nH]ccc2=O)CC1. The van der Waals surface area contributed by atoms with E-state index in [1.54, 1.807) is 0 Å². The van der Waals surface area contributed by atoms with Crippen molar-refractivity contribution in [1.29, 1.82) is 0 Å². The molecule has 0 atom stereocenters. The number of aromatic nitrogens is 1. The average molecular weight is 291 g/mol. The number of nitrogens with one attached hydrogen (secondary N) is 2. The van der Waals surface area contributed by atoms with E-state index < -0.39 is 0 Å².